The lowest BCUT2D eigenvalue weighted by Crippen LogP contribution is -2.48. The van der Waals surface area contributed by atoms with Crippen molar-refractivity contribution in [2.24, 2.45) is 7.05 Å². The average Bonchev–Trinajstić information content (AvgIpc) is 2.92. The number of aromatic nitrogens is 2. The Hall–Kier alpha value is -4.53. The van der Waals surface area contributed by atoms with Crippen LogP contribution in [0.2, 0.25) is 0 Å². The number of hydrogen-bond donors (Lipinski definition) is 0. The molecule has 36 heavy (non-hydrogen) atoms. The Labute approximate surface area is 207 Å². The summed E-state index contributed by atoms with van der Waals surface area (Å²) in [7, 11) is 1.61. The van der Waals surface area contributed by atoms with Gasteiger partial charge in [-0.15, -0.1) is 0 Å². The van der Waals surface area contributed by atoms with Crippen LogP contribution < -0.4 is 10.5 Å². The van der Waals surface area contributed by atoms with Crippen LogP contribution in [-0.4, -0.2) is 40.6 Å². The van der Waals surface area contributed by atoms with Crippen molar-refractivity contribution in [1.82, 2.24) is 14.5 Å². The second-order valence-corrected chi connectivity index (χ2v) is 8.76. The Morgan fingerprint density at radius 3 is 2.19 bits per heavy atom. The molecule has 1 unspecified atom stereocenters. The van der Waals surface area contributed by atoms with Crippen LogP contribution in [0.1, 0.15) is 28.4 Å². The molecule has 1 aliphatic heterocycles. The highest BCUT2D eigenvalue weighted by atomic mass is 19.1. The van der Waals surface area contributed by atoms with Crippen LogP contribution in [0.4, 0.5) is 10.1 Å². The molecule has 0 radical (unpaired) electrons. The van der Waals surface area contributed by atoms with Gasteiger partial charge < -0.3 is 9.47 Å². The third-order valence-electron chi connectivity index (χ3n) is 6.74. The molecule has 2 aromatic carbocycles. The van der Waals surface area contributed by atoms with Crippen molar-refractivity contribution in [2.45, 2.75) is 6.04 Å². The average molecular weight is 479 g/mol. The number of benzene rings is 2. The van der Waals surface area contributed by atoms with Crippen molar-refractivity contribution in [3.05, 3.63) is 105 Å². The van der Waals surface area contributed by atoms with Gasteiger partial charge in [0.2, 0.25) is 0 Å². The summed E-state index contributed by atoms with van der Waals surface area (Å²) < 4.78 is 15.1. The smallest absolute Gasteiger partial charge is 0.270 e. The van der Waals surface area contributed by atoms with Gasteiger partial charge in [-0.25, -0.2) is 9.37 Å². The summed E-state index contributed by atoms with van der Waals surface area (Å²) in [6.07, 6.45) is 0. The van der Waals surface area contributed by atoms with Gasteiger partial charge in [-0.3, -0.25) is 9.69 Å². The van der Waals surface area contributed by atoms with Crippen LogP contribution in [-0.2, 0) is 7.05 Å². The largest absolute Gasteiger partial charge is 0.366 e. The maximum absolute atomic E-state index is 13.6. The maximum atomic E-state index is 13.6. The Bertz CT molecular complexity index is 1560. The standard InChI is InChI=1S/C28H23FN6O/c1-33-24-12-11-22(17-30)32-25(24)27(23(18-31)28(33)36)35-15-13-34(14-16-35)26(19-5-3-2-4-6-19)20-7-9-21(29)10-8-20/h2-12,26H,13-16H2,1H3. The molecule has 1 aliphatic rings. The van der Waals surface area contributed by atoms with Gasteiger partial charge in [-0.2, -0.15) is 10.5 Å². The molecule has 1 fully saturated rings. The molecule has 0 N–H and O–H groups in total. The summed E-state index contributed by atoms with van der Waals surface area (Å²) in [6, 6.07) is 24.0. The van der Waals surface area contributed by atoms with Gasteiger partial charge >= 0.3 is 0 Å². The second kappa shape index (κ2) is 9.61. The van der Waals surface area contributed by atoms with E-state index in [-0.39, 0.29) is 28.7 Å². The molecule has 1 saturated heterocycles. The molecule has 0 saturated carbocycles. The molecular weight excluding hydrogens is 455 g/mol. The van der Waals surface area contributed by atoms with Crippen molar-refractivity contribution in [3.8, 4) is 12.1 Å². The molecule has 0 spiro atoms. The minimum atomic E-state index is -0.387. The molecule has 0 aliphatic carbocycles. The van der Waals surface area contributed by atoms with Crippen molar-refractivity contribution in [1.29, 1.82) is 10.5 Å². The van der Waals surface area contributed by atoms with E-state index < -0.39 is 0 Å². The second-order valence-electron chi connectivity index (χ2n) is 8.76. The van der Waals surface area contributed by atoms with E-state index in [4.69, 9.17) is 0 Å². The monoisotopic (exact) mass is 478 g/mol. The molecule has 1 atom stereocenters. The van der Waals surface area contributed by atoms with Gasteiger partial charge in [-0.05, 0) is 35.4 Å². The number of nitriles is 2. The highest BCUT2D eigenvalue weighted by molar-refractivity contribution is 5.92. The van der Waals surface area contributed by atoms with Crippen molar-refractivity contribution in [2.75, 3.05) is 31.1 Å². The van der Waals surface area contributed by atoms with E-state index >= 15 is 0 Å². The summed E-state index contributed by atoms with van der Waals surface area (Å²) in [5.41, 5.74) is 3.49. The van der Waals surface area contributed by atoms with Crippen molar-refractivity contribution < 1.29 is 4.39 Å². The first-order valence-corrected chi connectivity index (χ1v) is 11.6. The van der Waals surface area contributed by atoms with Crippen LogP contribution in [0, 0.1) is 28.5 Å². The number of halogens is 1. The molecule has 0 bridgehead atoms. The number of rotatable bonds is 4. The number of piperazine rings is 1. The van der Waals surface area contributed by atoms with Gasteiger partial charge in [0.05, 0.1) is 17.2 Å². The van der Waals surface area contributed by atoms with Crippen LogP contribution in [0.5, 0.6) is 0 Å². The van der Waals surface area contributed by atoms with Gasteiger partial charge in [0, 0.05) is 33.2 Å². The summed E-state index contributed by atoms with van der Waals surface area (Å²) in [5, 5.41) is 19.3. The van der Waals surface area contributed by atoms with E-state index in [1.54, 1.807) is 19.2 Å². The fraction of sp³-hybridized carbons (Fsp3) is 0.214. The Morgan fingerprint density at radius 1 is 0.889 bits per heavy atom. The molecule has 5 rings (SSSR count). The molecule has 2 aromatic heterocycles. The number of anilines is 1. The molecule has 7 nitrogen and oxygen atoms in total. The highest BCUT2D eigenvalue weighted by Gasteiger charge is 2.29. The Morgan fingerprint density at radius 2 is 1.56 bits per heavy atom. The fourth-order valence-electron chi connectivity index (χ4n) is 4.96. The first kappa shape index (κ1) is 23.2. The number of fused-ring (bicyclic) bond motifs is 1. The van der Waals surface area contributed by atoms with E-state index in [2.05, 4.69) is 28.1 Å². The zero-order valence-electron chi connectivity index (χ0n) is 19.7. The molecule has 178 valence electrons. The number of nitrogens with zero attached hydrogens (tertiary/aromatic N) is 6. The van der Waals surface area contributed by atoms with Gasteiger partial charge in [0.1, 0.15) is 34.7 Å². The molecule has 4 aromatic rings. The lowest BCUT2D eigenvalue weighted by Gasteiger charge is -2.41. The summed E-state index contributed by atoms with van der Waals surface area (Å²) in [5.74, 6) is -0.277. The third-order valence-corrected chi connectivity index (χ3v) is 6.74. The predicted molar refractivity (Wildman–Crippen MR) is 135 cm³/mol. The lowest BCUT2D eigenvalue weighted by atomic mass is 9.96. The molecule has 8 heteroatoms. The van der Waals surface area contributed by atoms with Crippen LogP contribution in [0.25, 0.3) is 11.0 Å². The van der Waals surface area contributed by atoms with Crippen LogP contribution in [0.15, 0.2) is 71.5 Å². The third kappa shape index (κ3) is 4.08. The Kier molecular flexibility index (Phi) is 6.20. The first-order chi connectivity index (χ1) is 17.5. The predicted octanol–water partition coefficient (Wildman–Crippen LogP) is 3.73. The molecule has 0 amide bonds. The van der Waals surface area contributed by atoms with E-state index in [1.807, 2.05) is 41.3 Å². The van der Waals surface area contributed by atoms with E-state index in [9.17, 15) is 19.7 Å². The minimum Gasteiger partial charge on any atom is -0.366 e. The summed E-state index contributed by atoms with van der Waals surface area (Å²) in [4.78, 5) is 21.8. The van der Waals surface area contributed by atoms with Crippen molar-refractivity contribution in [3.63, 3.8) is 0 Å². The zero-order valence-corrected chi connectivity index (χ0v) is 19.7. The lowest BCUT2D eigenvalue weighted by molar-refractivity contribution is 0.212. The van der Waals surface area contributed by atoms with E-state index in [0.717, 1.165) is 11.1 Å². The van der Waals surface area contributed by atoms with E-state index in [0.29, 0.717) is 42.9 Å². The quantitative estimate of drug-likeness (QED) is 0.444. The zero-order chi connectivity index (χ0) is 25.2. The SMILES string of the molecule is Cn1c(=O)c(C#N)c(N2CCN(C(c3ccccc3)c3ccc(F)cc3)CC2)c2nc(C#N)ccc21. The van der Waals surface area contributed by atoms with Crippen LogP contribution >= 0.6 is 0 Å². The molecular formula is C28H23FN6O. The maximum Gasteiger partial charge on any atom is 0.270 e. The number of aryl methyl sites for hydroxylation is 1. The van der Waals surface area contributed by atoms with Gasteiger partial charge in [-0.1, -0.05) is 42.5 Å². The number of pyridine rings is 2. The van der Waals surface area contributed by atoms with Gasteiger partial charge in [0.25, 0.3) is 5.56 Å². The topological polar surface area (TPSA) is 88.9 Å². The van der Waals surface area contributed by atoms with Gasteiger partial charge in [0.15, 0.2) is 0 Å². The summed E-state index contributed by atoms with van der Waals surface area (Å²) >= 11 is 0. The molecule has 3 heterocycles. The number of hydrogen-bond acceptors (Lipinski definition) is 6. The normalized spacial score (nSPS) is 14.8. The van der Waals surface area contributed by atoms with Crippen molar-refractivity contribution >= 4 is 16.7 Å². The first-order valence-electron chi connectivity index (χ1n) is 11.6. The van der Waals surface area contributed by atoms with E-state index in [1.165, 1.54) is 16.7 Å². The minimum absolute atomic E-state index is 0.0270. The van der Waals surface area contributed by atoms with Crippen LogP contribution in [0.3, 0.4) is 0 Å². The Balaban J connectivity index is 1.52. The summed E-state index contributed by atoms with van der Waals surface area (Å²) in [6.45, 7) is 2.41. The fourth-order valence-corrected chi connectivity index (χ4v) is 4.96. The highest BCUT2D eigenvalue weighted by Crippen LogP contribution is 2.33.